The number of aryl methyl sites for hydroxylation is 1. The van der Waals surface area contributed by atoms with Crippen molar-refractivity contribution in [1.82, 2.24) is 4.98 Å². The van der Waals surface area contributed by atoms with Crippen LogP contribution in [0, 0.1) is 6.92 Å². The van der Waals surface area contributed by atoms with Crippen molar-refractivity contribution in [2.24, 2.45) is 0 Å². The second-order valence-corrected chi connectivity index (χ2v) is 5.69. The van der Waals surface area contributed by atoms with Crippen LogP contribution >= 0.6 is 11.6 Å². The lowest BCUT2D eigenvalue weighted by molar-refractivity contribution is -0.131. The number of aromatic nitrogens is 1. The van der Waals surface area contributed by atoms with Crippen molar-refractivity contribution in [1.29, 1.82) is 0 Å². The SMILES string of the molecule is CC(=O)Oc1c(C(=O)c2ccccc2C)[nH]c2cc(Cl)ccc12. The minimum Gasteiger partial charge on any atom is -0.424 e. The van der Waals surface area contributed by atoms with E-state index in [1.807, 2.05) is 19.1 Å². The molecule has 116 valence electrons. The van der Waals surface area contributed by atoms with E-state index >= 15 is 0 Å². The van der Waals surface area contributed by atoms with E-state index in [1.54, 1.807) is 30.3 Å². The van der Waals surface area contributed by atoms with Gasteiger partial charge in [0, 0.05) is 22.9 Å². The van der Waals surface area contributed by atoms with Gasteiger partial charge in [0.1, 0.15) is 5.69 Å². The van der Waals surface area contributed by atoms with Gasteiger partial charge in [-0.1, -0.05) is 35.9 Å². The second kappa shape index (κ2) is 5.89. The Morgan fingerprint density at radius 2 is 1.87 bits per heavy atom. The Balaban J connectivity index is 2.21. The van der Waals surface area contributed by atoms with E-state index in [1.165, 1.54) is 6.92 Å². The Kier molecular flexibility index (Phi) is 3.92. The number of carbonyl (C=O) groups excluding carboxylic acids is 2. The molecule has 4 nitrogen and oxygen atoms in total. The first-order valence-electron chi connectivity index (χ1n) is 7.07. The largest absolute Gasteiger partial charge is 0.424 e. The molecule has 0 amide bonds. The number of hydrogen-bond donors (Lipinski definition) is 1. The normalized spacial score (nSPS) is 10.7. The molecule has 0 saturated heterocycles. The number of ether oxygens (including phenoxy) is 1. The van der Waals surface area contributed by atoms with E-state index in [2.05, 4.69) is 4.98 Å². The third-order valence-electron chi connectivity index (χ3n) is 3.58. The highest BCUT2D eigenvalue weighted by Gasteiger charge is 2.22. The summed E-state index contributed by atoms with van der Waals surface area (Å²) in [6, 6.07) is 12.4. The first-order valence-corrected chi connectivity index (χ1v) is 7.45. The number of fused-ring (bicyclic) bond motifs is 1. The van der Waals surface area contributed by atoms with Crippen LogP contribution in [0.2, 0.25) is 5.02 Å². The van der Waals surface area contributed by atoms with Gasteiger partial charge in [-0.2, -0.15) is 0 Å². The number of rotatable bonds is 3. The molecule has 1 N–H and O–H groups in total. The van der Waals surface area contributed by atoms with E-state index in [9.17, 15) is 9.59 Å². The van der Waals surface area contributed by atoms with Gasteiger partial charge in [-0.25, -0.2) is 0 Å². The predicted molar refractivity (Wildman–Crippen MR) is 89.2 cm³/mol. The van der Waals surface area contributed by atoms with E-state index < -0.39 is 5.97 Å². The summed E-state index contributed by atoms with van der Waals surface area (Å²) >= 11 is 6.00. The van der Waals surface area contributed by atoms with Crippen LogP contribution in [-0.4, -0.2) is 16.7 Å². The molecule has 2 aromatic carbocycles. The molecule has 0 fully saturated rings. The monoisotopic (exact) mass is 327 g/mol. The van der Waals surface area contributed by atoms with E-state index in [0.717, 1.165) is 5.56 Å². The molecule has 0 saturated carbocycles. The average molecular weight is 328 g/mol. The molecule has 0 unspecified atom stereocenters. The Labute approximate surface area is 138 Å². The quantitative estimate of drug-likeness (QED) is 0.576. The number of carbonyl (C=O) groups is 2. The van der Waals surface area contributed by atoms with Crippen LogP contribution in [0.5, 0.6) is 5.75 Å². The van der Waals surface area contributed by atoms with Gasteiger partial charge in [0.05, 0.1) is 5.52 Å². The molecule has 0 aliphatic heterocycles. The molecule has 3 aromatic rings. The topological polar surface area (TPSA) is 59.2 Å². The van der Waals surface area contributed by atoms with Crippen molar-refractivity contribution in [2.45, 2.75) is 13.8 Å². The number of esters is 1. The number of aromatic amines is 1. The first kappa shape index (κ1) is 15.3. The van der Waals surface area contributed by atoms with Crippen LogP contribution in [0.15, 0.2) is 42.5 Å². The lowest BCUT2D eigenvalue weighted by atomic mass is 10.0. The van der Waals surface area contributed by atoms with Gasteiger partial charge in [0.2, 0.25) is 5.78 Å². The van der Waals surface area contributed by atoms with E-state index in [-0.39, 0.29) is 17.2 Å². The maximum atomic E-state index is 12.9. The molecule has 0 bridgehead atoms. The molecule has 0 aliphatic carbocycles. The van der Waals surface area contributed by atoms with Crippen LogP contribution in [0.25, 0.3) is 10.9 Å². The molecule has 0 radical (unpaired) electrons. The zero-order valence-electron chi connectivity index (χ0n) is 12.6. The third kappa shape index (κ3) is 2.85. The highest BCUT2D eigenvalue weighted by Crippen LogP contribution is 2.33. The average Bonchev–Trinajstić information content (AvgIpc) is 2.84. The highest BCUT2D eigenvalue weighted by molar-refractivity contribution is 6.31. The molecule has 3 rings (SSSR count). The fourth-order valence-electron chi connectivity index (χ4n) is 2.52. The molecule has 0 aliphatic rings. The summed E-state index contributed by atoms with van der Waals surface area (Å²) < 4.78 is 5.29. The van der Waals surface area contributed by atoms with Gasteiger partial charge in [-0.05, 0) is 30.7 Å². The summed E-state index contributed by atoms with van der Waals surface area (Å²) in [5.74, 6) is -0.483. The fraction of sp³-hybridized carbons (Fsp3) is 0.111. The summed E-state index contributed by atoms with van der Waals surface area (Å²) in [4.78, 5) is 27.3. The van der Waals surface area contributed by atoms with Crippen molar-refractivity contribution in [3.8, 4) is 5.75 Å². The lowest BCUT2D eigenvalue weighted by Crippen LogP contribution is -2.09. The Morgan fingerprint density at radius 1 is 1.13 bits per heavy atom. The summed E-state index contributed by atoms with van der Waals surface area (Å²) in [5.41, 5.74) is 2.29. The van der Waals surface area contributed by atoms with Crippen LogP contribution in [0.1, 0.15) is 28.5 Å². The van der Waals surface area contributed by atoms with Gasteiger partial charge in [0.15, 0.2) is 5.75 Å². The van der Waals surface area contributed by atoms with Crippen molar-refractivity contribution in [3.63, 3.8) is 0 Å². The molecular weight excluding hydrogens is 314 g/mol. The van der Waals surface area contributed by atoms with Gasteiger partial charge in [0.25, 0.3) is 0 Å². The van der Waals surface area contributed by atoms with Crippen LogP contribution in [0.3, 0.4) is 0 Å². The third-order valence-corrected chi connectivity index (χ3v) is 3.81. The molecule has 5 heteroatoms. The summed E-state index contributed by atoms with van der Waals surface area (Å²) in [5, 5.41) is 1.17. The van der Waals surface area contributed by atoms with Crippen molar-refractivity contribution < 1.29 is 14.3 Å². The van der Waals surface area contributed by atoms with Gasteiger partial charge >= 0.3 is 5.97 Å². The molecule has 0 spiro atoms. The van der Waals surface area contributed by atoms with Crippen molar-refractivity contribution in [3.05, 3.63) is 64.3 Å². The summed E-state index contributed by atoms with van der Waals surface area (Å²) in [6.45, 7) is 3.16. The fourth-order valence-corrected chi connectivity index (χ4v) is 2.69. The molecule has 1 aromatic heterocycles. The second-order valence-electron chi connectivity index (χ2n) is 5.26. The zero-order chi connectivity index (χ0) is 16.6. The minimum atomic E-state index is -0.486. The number of hydrogen-bond acceptors (Lipinski definition) is 3. The van der Waals surface area contributed by atoms with Crippen molar-refractivity contribution >= 4 is 34.3 Å². The standard InChI is InChI=1S/C18H14ClNO3/c1-10-5-3-4-6-13(10)17(22)16-18(23-11(2)21)14-8-7-12(19)9-15(14)20-16/h3-9,20H,1-2H3. The zero-order valence-corrected chi connectivity index (χ0v) is 13.4. The smallest absolute Gasteiger partial charge is 0.308 e. The Bertz CT molecular complexity index is 927. The molecule has 23 heavy (non-hydrogen) atoms. The Hall–Kier alpha value is -2.59. The van der Waals surface area contributed by atoms with Crippen molar-refractivity contribution in [2.75, 3.05) is 0 Å². The Morgan fingerprint density at radius 3 is 2.57 bits per heavy atom. The van der Waals surface area contributed by atoms with Crippen LogP contribution in [0.4, 0.5) is 0 Å². The minimum absolute atomic E-state index is 0.230. The predicted octanol–water partition coefficient (Wildman–Crippen LogP) is 4.29. The first-order chi connectivity index (χ1) is 11.0. The maximum Gasteiger partial charge on any atom is 0.308 e. The molecule has 0 atom stereocenters. The van der Waals surface area contributed by atoms with Gasteiger partial charge in [-0.3, -0.25) is 9.59 Å². The van der Waals surface area contributed by atoms with E-state index in [4.69, 9.17) is 16.3 Å². The summed E-state index contributed by atoms with van der Waals surface area (Å²) in [6.07, 6.45) is 0. The molecular formula is C18H14ClNO3. The highest BCUT2D eigenvalue weighted by atomic mass is 35.5. The van der Waals surface area contributed by atoms with Crippen LogP contribution < -0.4 is 4.74 Å². The number of H-pyrrole nitrogens is 1. The van der Waals surface area contributed by atoms with Crippen LogP contribution in [-0.2, 0) is 4.79 Å². The number of ketones is 1. The maximum absolute atomic E-state index is 12.9. The van der Waals surface area contributed by atoms with E-state index in [0.29, 0.717) is 21.5 Å². The van der Waals surface area contributed by atoms with Gasteiger partial charge < -0.3 is 9.72 Å². The number of benzene rings is 2. The lowest BCUT2D eigenvalue weighted by Gasteiger charge is -2.06. The number of nitrogens with one attached hydrogen (secondary N) is 1. The summed E-state index contributed by atoms with van der Waals surface area (Å²) in [7, 11) is 0. The molecule has 1 heterocycles. The number of halogens is 1. The van der Waals surface area contributed by atoms with Gasteiger partial charge in [-0.15, -0.1) is 0 Å².